The smallest absolute Gasteiger partial charge is 0.453 e. The number of benzene rings is 3. The van der Waals surface area contributed by atoms with Gasteiger partial charge in [-0.1, -0.05) is 119 Å². The molecule has 14 fully saturated rings. The van der Waals surface area contributed by atoms with E-state index in [0.29, 0.717) is 147 Å². The average Bonchev–Trinajstić information content (AvgIpc) is 1.45. The molecule has 140 heavy (non-hydrogen) atoms. The van der Waals surface area contributed by atoms with Crippen LogP contribution in [0.15, 0.2) is 114 Å². The number of carbonyl (C=O) groups excluding carboxylic acids is 10. The largest absolute Gasteiger partial charge is 0.482 e. The molecule has 14 aliphatic rings. The molecule has 758 valence electrons. The molecular weight excluding hydrogens is 1790 g/mol. The lowest BCUT2D eigenvalue weighted by molar-refractivity contribution is -0.199. The number of carbonyl (C=O) groups is 10. The normalized spacial score (nSPS) is 26.7. The topological polar surface area (TPSA) is 411 Å². The number of piperazine rings is 3. The number of ether oxygens (including phenoxy) is 5. The fourth-order valence-electron chi connectivity index (χ4n) is 22.7. The number of hydrogen-bond donors (Lipinski definition) is 5. The van der Waals surface area contributed by atoms with E-state index >= 15 is 0 Å². The molecule has 3 aromatic carbocycles. The first-order chi connectivity index (χ1) is 66.4. The number of alkyl carbamates (subject to hydrolysis) is 3. The van der Waals surface area contributed by atoms with Crippen LogP contribution in [-0.2, 0) is 85.5 Å². The van der Waals surface area contributed by atoms with E-state index in [0.717, 1.165) is 74.8 Å². The van der Waals surface area contributed by atoms with Crippen LogP contribution in [0.1, 0.15) is 171 Å². The van der Waals surface area contributed by atoms with Crippen LogP contribution in [0, 0.1) is 63.7 Å². The molecule has 3 aromatic rings. The van der Waals surface area contributed by atoms with Crippen LogP contribution in [0.2, 0.25) is 0 Å². The Hall–Kier alpha value is -10.7. The lowest BCUT2D eigenvalue weighted by Gasteiger charge is -2.64. The number of piperidine rings is 3. The van der Waals surface area contributed by atoms with Crippen molar-refractivity contribution in [2.45, 2.75) is 250 Å². The zero-order valence-corrected chi connectivity index (χ0v) is 84.2. The van der Waals surface area contributed by atoms with Crippen LogP contribution >= 0.6 is 0 Å². The highest BCUT2D eigenvalue weighted by atomic mass is 16.7. The van der Waals surface area contributed by atoms with Crippen LogP contribution in [-0.4, -0.2) is 351 Å². The molecule has 36 nitrogen and oxygen atoms in total. The number of hydrogen-bond acceptors (Lipinski definition) is 26. The number of nitriles is 2. The Morgan fingerprint density at radius 1 is 0.500 bits per heavy atom. The molecular formula is C101H144B3N15O21. The molecule has 6 aliphatic carbocycles. The number of aldehydes is 1. The molecule has 14 atom stereocenters. The van der Waals surface area contributed by atoms with Crippen LogP contribution in [0.4, 0.5) is 24.0 Å². The van der Waals surface area contributed by atoms with E-state index < -0.39 is 104 Å². The third-order valence-electron chi connectivity index (χ3n) is 31.4. The van der Waals surface area contributed by atoms with Crippen molar-refractivity contribution in [1.82, 2.24) is 60.0 Å². The first-order valence-electron chi connectivity index (χ1n) is 49.6. The van der Waals surface area contributed by atoms with Crippen molar-refractivity contribution in [2.24, 2.45) is 34.5 Å². The van der Waals surface area contributed by atoms with Gasteiger partial charge in [0.25, 0.3) is 18.4 Å². The van der Waals surface area contributed by atoms with Crippen LogP contribution < -0.4 is 16.0 Å². The Bertz CT molecular complexity index is 5000. The molecule has 5 N–H and O–H groups in total. The number of amides is 9. The summed E-state index contributed by atoms with van der Waals surface area (Å²) in [6.45, 7) is 42.9. The van der Waals surface area contributed by atoms with E-state index in [2.05, 4.69) is 83.1 Å². The first-order valence-corrected chi connectivity index (χ1v) is 49.6. The second-order valence-corrected chi connectivity index (χ2v) is 42.4. The molecule has 4 bridgehead atoms. The monoisotopic (exact) mass is 1940 g/mol. The van der Waals surface area contributed by atoms with Gasteiger partial charge in [0.1, 0.15) is 47.9 Å². The highest BCUT2D eigenvalue weighted by molar-refractivity contribution is 6.48. The van der Waals surface area contributed by atoms with Gasteiger partial charge in [0.2, 0.25) is 5.91 Å². The molecule has 9 amide bonds. The molecule has 0 spiro atoms. The maximum absolute atomic E-state index is 13.6. The minimum atomic E-state index is -1.78. The molecule has 0 unspecified atom stereocenters. The highest BCUT2D eigenvalue weighted by Gasteiger charge is 2.70. The Balaban J connectivity index is 0.000000177. The van der Waals surface area contributed by atoms with Crippen LogP contribution in [0.5, 0.6) is 0 Å². The van der Waals surface area contributed by atoms with Gasteiger partial charge in [-0.25, -0.2) is 30.5 Å². The van der Waals surface area contributed by atoms with Gasteiger partial charge in [0.05, 0.1) is 80.6 Å². The summed E-state index contributed by atoms with van der Waals surface area (Å²) in [6.07, 6.45) is 9.44. The standard InChI is InChI=1S/C37H52BN5O7.C27H38BN5O7.C27H36BN3O5.C10H18N2O2/c1-35(2,43-17-15-41(16-18-43)34(46)47-6)22-26(23-39)32(44)42-14-10-13-28(24-42)48-33(45)40-31(19-25-11-8-7-9-12-25)38-49-30-21-27-20-29(36(27,3)4)37(30,5)50-38;1-27(2,33-14-12-31(13-15-33)26(36)39-3)17-21(18-29)24(34)32-11-7-10-22(19-32)40-25(35)30-23(28(37)38)16-20-8-5-4-6-9-20;1-26(2)19-14-21(26)27(3)22(15-19)35-28(36-27)23(13-18-9-6-5-7-10-18)30-25(33)34-20-11-8-12-31(17-20)24(32)16-29-4;1-9(14)11-4-6-12(7-5-11)10(2,3)8-13/h7-9,11-12,22,27-31H,10,13-21,24H2,1-6H3,(H,40,45);4-6,8-9,17,22-23,37-38H,7,10-16,19H2,1-3H3,(H,30,35);5-7,9-10,19-23H,8,11-17H2,1-3H3,(H,30,33);8H,4-7H2,1-3H3/t27-,28-,29-,30+,31-,37-;22-,23-;19-,20-,21-,22+,23-,27-;/m000./s1. The molecule has 8 aliphatic heterocycles. The van der Waals surface area contributed by atoms with E-state index in [1.54, 1.807) is 38.7 Å². The minimum absolute atomic E-state index is 0.00294. The Morgan fingerprint density at radius 2 is 0.843 bits per heavy atom. The maximum atomic E-state index is 13.6. The molecule has 39 heteroatoms. The second-order valence-electron chi connectivity index (χ2n) is 42.4. The van der Waals surface area contributed by atoms with Crippen molar-refractivity contribution in [3.05, 3.63) is 142 Å². The Labute approximate surface area is 825 Å². The van der Waals surface area contributed by atoms with Crippen molar-refractivity contribution < 1.29 is 100 Å². The SMILES string of the molecule is CC(=O)N1CCN(C(C)(C)C=O)CC1.COC(=O)N1CCN(C(C)(C)C=C(C#N)C(=O)N2CCC[C@H](OC(=O)N[C@@H](Cc3ccccc3)B(O)O)C2)CC1.COC(=O)N1CCN(C(C)(C)C=C(C#N)C(=O)N2CCC[C@H](OC(=O)N[C@@H](Cc3ccccc3)B3O[C@@H]4C[C@@H]5C[C@@H](C5(C)C)[C@]4(C)O3)C2)CC1.[C-]#[N+]CC(=O)N1CCC[C@H](OC(=O)N[C@@H](Cc2ccccc2)B2O[C@@H]3C[C@@H]4C[C@@H](C4(C)C)[C@]3(C)O2)C1. The van der Waals surface area contributed by atoms with Crippen molar-refractivity contribution >= 4 is 81.7 Å². The number of nitrogens with one attached hydrogen (secondary N) is 3. The first kappa shape index (κ1) is 108. The third kappa shape index (κ3) is 26.4. The lowest BCUT2D eigenvalue weighted by Crippen LogP contribution is -2.65. The van der Waals surface area contributed by atoms with Crippen LogP contribution in [0.3, 0.4) is 0 Å². The molecule has 0 radical (unpaired) electrons. The lowest BCUT2D eigenvalue weighted by atomic mass is 9.43. The molecule has 17 rings (SSSR count). The zero-order valence-electron chi connectivity index (χ0n) is 84.2. The third-order valence-corrected chi connectivity index (χ3v) is 31.4. The summed E-state index contributed by atoms with van der Waals surface area (Å²) in [5.74, 6) is -0.683. The van der Waals surface area contributed by atoms with Gasteiger partial charge in [0, 0.05) is 116 Å². The second kappa shape index (κ2) is 47.0. The average molecular weight is 1940 g/mol. The molecule has 8 heterocycles. The summed E-state index contributed by atoms with van der Waals surface area (Å²) in [5, 5.41) is 48.0. The van der Waals surface area contributed by atoms with E-state index in [-0.39, 0.29) is 95.7 Å². The fraction of sp³-hybridized carbons (Fsp3) is 0.653. The maximum Gasteiger partial charge on any atom is 0.482 e. The molecule has 8 saturated heterocycles. The summed E-state index contributed by atoms with van der Waals surface area (Å²) in [4.78, 5) is 143. The van der Waals surface area contributed by atoms with Gasteiger partial charge < -0.3 is 107 Å². The molecule has 0 aromatic heterocycles. The Kier molecular flexibility index (Phi) is 36.3. The summed E-state index contributed by atoms with van der Waals surface area (Å²) in [7, 11) is -0.257. The molecule has 6 saturated carbocycles. The summed E-state index contributed by atoms with van der Waals surface area (Å²) in [6, 6.07) is 33.2. The van der Waals surface area contributed by atoms with Crippen molar-refractivity contribution in [3.8, 4) is 12.1 Å². The number of rotatable bonds is 24. The number of methoxy groups -OCH3 is 2. The van der Waals surface area contributed by atoms with Gasteiger partial charge in [-0.15, -0.1) is 0 Å². The Morgan fingerprint density at radius 3 is 1.18 bits per heavy atom. The van der Waals surface area contributed by atoms with Crippen molar-refractivity contribution in [3.63, 3.8) is 0 Å². The van der Waals surface area contributed by atoms with Crippen LogP contribution in [0.25, 0.3) is 4.85 Å². The van der Waals surface area contributed by atoms with Gasteiger partial charge >= 0.3 is 57.7 Å². The van der Waals surface area contributed by atoms with E-state index in [9.17, 15) is 68.5 Å². The van der Waals surface area contributed by atoms with E-state index in [1.807, 2.05) is 144 Å². The minimum Gasteiger partial charge on any atom is -0.453 e. The van der Waals surface area contributed by atoms with Gasteiger partial charge in [-0.3, -0.25) is 33.9 Å². The van der Waals surface area contributed by atoms with Gasteiger partial charge in [0.15, 0.2) is 0 Å². The van der Waals surface area contributed by atoms with Crippen molar-refractivity contribution in [1.29, 1.82) is 10.5 Å². The van der Waals surface area contributed by atoms with E-state index in [1.165, 1.54) is 25.5 Å². The summed E-state index contributed by atoms with van der Waals surface area (Å²) < 4.78 is 53.3. The quantitative estimate of drug-likeness (QED) is 0.0140. The van der Waals surface area contributed by atoms with Gasteiger partial charge in [-0.2, -0.15) is 10.5 Å². The van der Waals surface area contributed by atoms with Crippen molar-refractivity contribution in [2.75, 3.05) is 139 Å². The zero-order chi connectivity index (χ0) is 101. The summed E-state index contributed by atoms with van der Waals surface area (Å²) in [5.41, 5.74) is 1.04. The highest BCUT2D eigenvalue weighted by Crippen LogP contribution is 2.67. The number of likely N-dealkylation sites (tertiary alicyclic amines) is 3. The summed E-state index contributed by atoms with van der Waals surface area (Å²) >= 11 is 0. The predicted molar refractivity (Wildman–Crippen MR) is 522 cm³/mol. The predicted octanol–water partition coefficient (Wildman–Crippen LogP) is 8.76. The number of nitrogens with zero attached hydrogens (tertiary/aromatic N) is 12. The van der Waals surface area contributed by atoms with Gasteiger partial charge in [-0.05, 0) is 202 Å². The fourth-order valence-corrected chi connectivity index (χ4v) is 22.7. The van der Waals surface area contributed by atoms with E-state index in [4.69, 9.17) is 48.9 Å².